The molecule has 0 aliphatic rings. The first-order valence-electron chi connectivity index (χ1n) is 6.64. The molecule has 5 nitrogen and oxygen atoms in total. The van der Waals surface area contributed by atoms with Crippen molar-refractivity contribution < 1.29 is 14.6 Å². The largest absolute Gasteiger partial charge is 0.491 e. The fourth-order valence-corrected chi connectivity index (χ4v) is 1.80. The minimum absolute atomic E-state index is 0.237. The number of nitriles is 1. The van der Waals surface area contributed by atoms with Crippen molar-refractivity contribution in [2.24, 2.45) is 0 Å². The Labute approximate surface area is 120 Å². The summed E-state index contributed by atoms with van der Waals surface area (Å²) in [6, 6.07) is 8.89. The number of aliphatic hydroxyl groups excluding tert-OH is 1. The molecule has 0 heterocycles. The smallest absolute Gasteiger partial charge is 0.119 e. The van der Waals surface area contributed by atoms with Gasteiger partial charge in [0.1, 0.15) is 18.5 Å². The van der Waals surface area contributed by atoms with Gasteiger partial charge < -0.3 is 19.5 Å². The van der Waals surface area contributed by atoms with E-state index in [0.717, 1.165) is 19.6 Å². The number of aliphatic hydroxyl groups is 1. The lowest BCUT2D eigenvalue weighted by Gasteiger charge is -2.20. The number of hydrogen-bond acceptors (Lipinski definition) is 5. The van der Waals surface area contributed by atoms with Crippen LogP contribution in [0.15, 0.2) is 24.3 Å². The second-order valence-corrected chi connectivity index (χ2v) is 4.71. The molecule has 1 aromatic carbocycles. The number of nitrogens with zero attached hydrogens (tertiary/aromatic N) is 2. The molecule has 0 bridgehead atoms. The van der Waals surface area contributed by atoms with Gasteiger partial charge in [-0.25, -0.2) is 0 Å². The molecule has 0 aliphatic carbocycles. The van der Waals surface area contributed by atoms with Crippen LogP contribution in [0.5, 0.6) is 5.75 Å². The fourth-order valence-electron chi connectivity index (χ4n) is 1.80. The maximum absolute atomic E-state index is 9.89. The van der Waals surface area contributed by atoms with Gasteiger partial charge in [-0.1, -0.05) is 0 Å². The number of methoxy groups -OCH3 is 1. The third kappa shape index (κ3) is 6.53. The standard InChI is InChI=1S/C15H22N2O3/c1-17(8-3-9-19-2)11-14(18)12-20-15-6-4-13(10-16)5-7-15/h4-7,14,18H,3,8-9,11-12H2,1-2H3. The van der Waals surface area contributed by atoms with Gasteiger partial charge in [-0.05, 0) is 37.7 Å². The van der Waals surface area contributed by atoms with E-state index in [4.69, 9.17) is 14.7 Å². The van der Waals surface area contributed by atoms with Gasteiger partial charge in [-0.3, -0.25) is 0 Å². The van der Waals surface area contributed by atoms with Gasteiger partial charge in [0.2, 0.25) is 0 Å². The Morgan fingerprint density at radius 2 is 2.05 bits per heavy atom. The van der Waals surface area contributed by atoms with Gasteiger partial charge in [-0.2, -0.15) is 5.26 Å². The van der Waals surface area contributed by atoms with Gasteiger partial charge in [0.05, 0.1) is 11.6 Å². The van der Waals surface area contributed by atoms with Crippen LogP contribution in [0.1, 0.15) is 12.0 Å². The monoisotopic (exact) mass is 278 g/mol. The highest BCUT2D eigenvalue weighted by atomic mass is 16.5. The van der Waals surface area contributed by atoms with E-state index < -0.39 is 6.10 Å². The van der Waals surface area contributed by atoms with Gasteiger partial charge in [-0.15, -0.1) is 0 Å². The molecule has 0 radical (unpaired) electrons. The van der Waals surface area contributed by atoms with Crippen molar-refractivity contribution in [2.45, 2.75) is 12.5 Å². The van der Waals surface area contributed by atoms with E-state index >= 15 is 0 Å². The van der Waals surface area contributed by atoms with Crippen LogP contribution in [-0.4, -0.2) is 56.6 Å². The van der Waals surface area contributed by atoms with Crippen LogP contribution in [0.25, 0.3) is 0 Å². The van der Waals surface area contributed by atoms with Crippen molar-refractivity contribution in [1.82, 2.24) is 4.90 Å². The topological polar surface area (TPSA) is 65.7 Å². The highest BCUT2D eigenvalue weighted by molar-refractivity contribution is 5.34. The zero-order valence-electron chi connectivity index (χ0n) is 12.1. The van der Waals surface area contributed by atoms with Crippen LogP contribution in [0.3, 0.4) is 0 Å². The SMILES string of the molecule is COCCCN(C)CC(O)COc1ccc(C#N)cc1. The molecule has 1 N–H and O–H groups in total. The normalized spacial score (nSPS) is 12.2. The third-order valence-corrected chi connectivity index (χ3v) is 2.84. The number of rotatable bonds is 9. The molecule has 1 aromatic rings. The van der Waals surface area contributed by atoms with Crippen LogP contribution in [0.2, 0.25) is 0 Å². The maximum Gasteiger partial charge on any atom is 0.119 e. The number of ether oxygens (including phenoxy) is 2. The summed E-state index contributed by atoms with van der Waals surface area (Å²) in [4.78, 5) is 2.05. The van der Waals surface area contributed by atoms with E-state index in [9.17, 15) is 5.11 Å². The molecule has 0 amide bonds. The minimum Gasteiger partial charge on any atom is -0.491 e. The highest BCUT2D eigenvalue weighted by Gasteiger charge is 2.09. The predicted octanol–water partition coefficient (Wildman–Crippen LogP) is 1.27. The Bertz CT molecular complexity index is 414. The molecule has 0 fully saturated rings. The van der Waals surface area contributed by atoms with Crippen molar-refractivity contribution in [2.75, 3.05) is 40.5 Å². The average Bonchev–Trinajstić information content (AvgIpc) is 2.46. The molecule has 0 aliphatic heterocycles. The van der Waals surface area contributed by atoms with Crippen molar-refractivity contribution in [3.63, 3.8) is 0 Å². The van der Waals surface area contributed by atoms with Crippen LogP contribution in [0, 0.1) is 11.3 Å². The third-order valence-electron chi connectivity index (χ3n) is 2.84. The van der Waals surface area contributed by atoms with Gasteiger partial charge in [0.15, 0.2) is 0 Å². The molecule has 20 heavy (non-hydrogen) atoms. The second kappa shape index (κ2) is 9.32. The molecule has 110 valence electrons. The van der Waals surface area contributed by atoms with Crippen molar-refractivity contribution in [3.05, 3.63) is 29.8 Å². The molecule has 0 saturated carbocycles. The lowest BCUT2D eigenvalue weighted by molar-refractivity contribution is 0.0732. The summed E-state index contributed by atoms with van der Waals surface area (Å²) in [5.41, 5.74) is 0.593. The molecule has 0 saturated heterocycles. The summed E-state index contributed by atoms with van der Waals surface area (Å²) in [6.45, 7) is 2.39. The number of likely N-dealkylation sites (N-methyl/N-ethyl adjacent to an activating group) is 1. The Hall–Kier alpha value is -1.61. The highest BCUT2D eigenvalue weighted by Crippen LogP contribution is 2.11. The molecular weight excluding hydrogens is 256 g/mol. The Kier molecular flexibility index (Phi) is 7.66. The molecule has 1 atom stereocenters. The second-order valence-electron chi connectivity index (χ2n) is 4.71. The van der Waals surface area contributed by atoms with Gasteiger partial charge in [0, 0.05) is 26.8 Å². The van der Waals surface area contributed by atoms with E-state index in [0.29, 0.717) is 17.9 Å². The van der Waals surface area contributed by atoms with Crippen LogP contribution >= 0.6 is 0 Å². The fraction of sp³-hybridized carbons (Fsp3) is 0.533. The summed E-state index contributed by atoms with van der Waals surface area (Å²) in [5.74, 6) is 0.657. The van der Waals surface area contributed by atoms with Crippen LogP contribution < -0.4 is 4.74 Å². The molecule has 5 heteroatoms. The van der Waals surface area contributed by atoms with E-state index in [1.165, 1.54) is 0 Å². The number of hydrogen-bond donors (Lipinski definition) is 1. The van der Waals surface area contributed by atoms with Crippen LogP contribution in [0.4, 0.5) is 0 Å². The van der Waals surface area contributed by atoms with E-state index in [-0.39, 0.29) is 6.61 Å². The number of benzene rings is 1. The first-order chi connectivity index (χ1) is 9.65. The lowest BCUT2D eigenvalue weighted by atomic mass is 10.2. The molecular formula is C15H22N2O3. The molecule has 1 rings (SSSR count). The summed E-state index contributed by atoms with van der Waals surface area (Å²) in [5, 5.41) is 18.6. The zero-order chi connectivity index (χ0) is 14.8. The molecule has 1 unspecified atom stereocenters. The average molecular weight is 278 g/mol. The molecule has 0 aromatic heterocycles. The van der Waals surface area contributed by atoms with Crippen molar-refractivity contribution in [3.8, 4) is 11.8 Å². The maximum atomic E-state index is 9.89. The summed E-state index contributed by atoms with van der Waals surface area (Å²) in [6.07, 6.45) is 0.397. The van der Waals surface area contributed by atoms with Crippen LogP contribution in [-0.2, 0) is 4.74 Å². The minimum atomic E-state index is -0.543. The Morgan fingerprint density at radius 1 is 1.35 bits per heavy atom. The first-order valence-corrected chi connectivity index (χ1v) is 6.64. The quantitative estimate of drug-likeness (QED) is 0.689. The Balaban J connectivity index is 2.24. The van der Waals surface area contributed by atoms with Crippen molar-refractivity contribution in [1.29, 1.82) is 5.26 Å². The van der Waals surface area contributed by atoms with E-state index in [2.05, 4.69) is 0 Å². The zero-order valence-corrected chi connectivity index (χ0v) is 12.1. The summed E-state index contributed by atoms with van der Waals surface area (Å²) in [7, 11) is 3.64. The van der Waals surface area contributed by atoms with E-state index in [1.54, 1.807) is 31.4 Å². The van der Waals surface area contributed by atoms with Crippen molar-refractivity contribution >= 4 is 0 Å². The summed E-state index contributed by atoms with van der Waals surface area (Å²) < 4.78 is 10.5. The first kappa shape index (κ1) is 16.4. The molecule has 0 spiro atoms. The van der Waals surface area contributed by atoms with E-state index in [1.807, 2.05) is 18.0 Å². The Morgan fingerprint density at radius 3 is 2.65 bits per heavy atom. The predicted molar refractivity (Wildman–Crippen MR) is 76.6 cm³/mol. The van der Waals surface area contributed by atoms with Gasteiger partial charge >= 0.3 is 0 Å². The summed E-state index contributed by atoms with van der Waals surface area (Å²) >= 11 is 0. The lowest BCUT2D eigenvalue weighted by Crippen LogP contribution is -2.34. The van der Waals surface area contributed by atoms with Gasteiger partial charge in [0.25, 0.3) is 0 Å².